The Bertz CT molecular complexity index is 434. The third kappa shape index (κ3) is 4.54. The molecular weight excluding hydrogens is 262 g/mol. The van der Waals surface area contributed by atoms with Crippen molar-refractivity contribution in [2.45, 2.75) is 44.2 Å². The zero-order chi connectivity index (χ0) is 14.5. The molecule has 108 valence electrons. The summed E-state index contributed by atoms with van der Waals surface area (Å²) in [6.07, 6.45) is 1.51. The molecule has 0 radical (unpaired) electrons. The van der Waals surface area contributed by atoms with Crippen molar-refractivity contribution in [3.8, 4) is 0 Å². The molecule has 0 aliphatic carbocycles. The van der Waals surface area contributed by atoms with Gasteiger partial charge in [0.05, 0.1) is 10.7 Å². The Morgan fingerprint density at radius 3 is 2.79 bits per heavy atom. The molecule has 1 aromatic rings. The van der Waals surface area contributed by atoms with Crippen molar-refractivity contribution in [1.82, 2.24) is 15.1 Å². The lowest BCUT2D eigenvalue weighted by Crippen LogP contribution is -2.50. The van der Waals surface area contributed by atoms with E-state index in [9.17, 15) is 9.90 Å². The van der Waals surface area contributed by atoms with Gasteiger partial charge in [0.1, 0.15) is 5.54 Å². The Labute approximate surface area is 118 Å². The fraction of sp³-hybridized carbons (Fsp3) is 0.692. The van der Waals surface area contributed by atoms with Crippen molar-refractivity contribution in [3.63, 3.8) is 0 Å². The first kappa shape index (κ1) is 16.0. The van der Waals surface area contributed by atoms with Gasteiger partial charge in [-0.15, -0.1) is 11.8 Å². The molecule has 0 fully saturated rings. The molecule has 1 heterocycles. The van der Waals surface area contributed by atoms with Gasteiger partial charge in [-0.1, -0.05) is 6.92 Å². The molecule has 0 saturated carbocycles. The van der Waals surface area contributed by atoms with Gasteiger partial charge in [-0.2, -0.15) is 5.10 Å². The van der Waals surface area contributed by atoms with E-state index in [-0.39, 0.29) is 0 Å². The third-order valence-electron chi connectivity index (χ3n) is 3.05. The summed E-state index contributed by atoms with van der Waals surface area (Å²) in [5, 5.41) is 17.8. The Morgan fingerprint density at radius 1 is 1.63 bits per heavy atom. The summed E-state index contributed by atoms with van der Waals surface area (Å²) in [4.78, 5) is 11.4. The Hall–Kier alpha value is -1.01. The van der Waals surface area contributed by atoms with E-state index < -0.39 is 11.5 Å². The van der Waals surface area contributed by atoms with Crippen LogP contribution in [0.3, 0.4) is 0 Å². The van der Waals surface area contributed by atoms with Crippen LogP contribution in [-0.2, 0) is 11.8 Å². The summed E-state index contributed by atoms with van der Waals surface area (Å²) in [6.45, 7) is 6.45. The minimum absolute atomic E-state index is 0.581. The number of carboxylic acid groups (broad SMARTS) is 1. The first-order valence-electron chi connectivity index (χ1n) is 6.51. The number of carboxylic acids is 1. The van der Waals surface area contributed by atoms with Crippen molar-refractivity contribution in [2.24, 2.45) is 7.05 Å². The number of aromatic nitrogens is 2. The zero-order valence-corrected chi connectivity index (χ0v) is 12.9. The molecule has 1 rings (SSSR count). The van der Waals surface area contributed by atoms with Gasteiger partial charge in [-0.3, -0.25) is 9.48 Å². The van der Waals surface area contributed by atoms with E-state index in [1.165, 1.54) is 0 Å². The first-order chi connectivity index (χ1) is 8.89. The number of nitrogens with one attached hydrogen (secondary N) is 1. The highest BCUT2D eigenvalue weighted by molar-refractivity contribution is 7.99. The van der Waals surface area contributed by atoms with Gasteiger partial charge < -0.3 is 10.4 Å². The van der Waals surface area contributed by atoms with Crippen LogP contribution in [0, 0.1) is 6.92 Å². The van der Waals surface area contributed by atoms with Crippen LogP contribution in [0.2, 0.25) is 0 Å². The van der Waals surface area contributed by atoms with Gasteiger partial charge in [0.2, 0.25) is 0 Å². The van der Waals surface area contributed by atoms with Crippen LogP contribution in [0.5, 0.6) is 0 Å². The second kappa shape index (κ2) is 6.96. The molecule has 1 unspecified atom stereocenters. The Kier molecular flexibility index (Phi) is 5.87. The van der Waals surface area contributed by atoms with Crippen LogP contribution in [0.4, 0.5) is 0 Å². The maximum absolute atomic E-state index is 11.4. The zero-order valence-electron chi connectivity index (χ0n) is 12.1. The minimum atomic E-state index is -0.851. The quantitative estimate of drug-likeness (QED) is 0.716. The summed E-state index contributed by atoms with van der Waals surface area (Å²) in [6, 6.07) is 2.02. The Balaban J connectivity index is 2.53. The molecule has 6 heteroatoms. The number of aryl methyl sites for hydroxylation is 2. The molecule has 0 amide bonds. The Morgan fingerprint density at radius 2 is 2.32 bits per heavy atom. The van der Waals surface area contributed by atoms with Crippen LogP contribution < -0.4 is 5.32 Å². The number of carbonyl (C=O) groups is 1. The fourth-order valence-corrected chi connectivity index (χ4v) is 2.95. The summed E-state index contributed by atoms with van der Waals surface area (Å²) in [5.41, 5.74) is 0.131. The lowest BCUT2D eigenvalue weighted by atomic mass is 9.99. The molecule has 0 aliphatic rings. The second-order valence-electron chi connectivity index (χ2n) is 4.91. The van der Waals surface area contributed by atoms with Crippen molar-refractivity contribution in [3.05, 3.63) is 11.8 Å². The van der Waals surface area contributed by atoms with Crippen LogP contribution >= 0.6 is 11.8 Å². The lowest BCUT2D eigenvalue weighted by Gasteiger charge is -2.26. The van der Waals surface area contributed by atoms with Crippen molar-refractivity contribution < 1.29 is 9.90 Å². The van der Waals surface area contributed by atoms with Gasteiger partial charge in [0, 0.05) is 12.8 Å². The molecular formula is C13H23N3O2S. The maximum atomic E-state index is 11.4. The minimum Gasteiger partial charge on any atom is -0.480 e. The van der Waals surface area contributed by atoms with Crippen molar-refractivity contribution in [1.29, 1.82) is 0 Å². The van der Waals surface area contributed by atoms with E-state index in [1.807, 2.05) is 31.6 Å². The number of hydrogen-bond donors (Lipinski definition) is 2. The van der Waals surface area contributed by atoms with Gasteiger partial charge in [0.15, 0.2) is 0 Å². The molecule has 0 saturated heterocycles. The average molecular weight is 285 g/mol. The predicted molar refractivity (Wildman–Crippen MR) is 77.6 cm³/mol. The molecule has 5 nitrogen and oxygen atoms in total. The average Bonchev–Trinajstić information content (AvgIpc) is 2.65. The highest BCUT2D eigenvalue weighted by atomic mass is 32.2. The van der Waals surface area contributed by atoms with Crippen molar-refractivity contribution >= 4 is 17.7 Å². The molecule has 1 atom stereocenters. The van der Waals surface area contributed by atoms with Crippen molar-refractivity contribution in [2.75, 3.05) is 12.3 Å². The molecule has 0 aromatic carbocycles. The van der Waals surface area contributed by atoms with Crippen LogP contribution in [0.15, 0.2) is 11.1 Å². The van der Waals surface area contributed by atoms with E-state index in [1.54, 1.807) is 18.7 Å². The van der Waals surface area contributed by atoms with Gasteiger partial charge in [-0.05, 0) is 39.3 Å². The standard InChI is InChI=1S/C13H23N3O2S/c1-5-7-14-13(3,12(17)18)6-8-19-11-9-10(2)15-16(11)4/h9,14H,5-8H2,1-4H3,(H,17,18). The summed E-state index contributed by atoms with van der Waals surface area (Å²) in [5.74, 6) is -0.0406. The third-order valence-corrected chi connectivity index (χ3v) is 4.13. The van der Waals surface area contributed by atoms with E-state index >= 15 is 0 Å². The monoisotopic (exact) mass is 285 g/mol. The van der Waals surface area contributed by atoms with Gasteiger partial charge in [0.25, 0.3) is 0 Å². The maximum Gasteiger partial charge on any atom is 0.323 e. The molecule has 19 heavy (non-hydrogen) atoms. The van der Waals surface area contributed by atoms with Crippen LogP contribution in [0.25, 0.3) is 0 Å². The van der Waals surface area contributed by atoms with E-state index in [2.05, 4.69) is 10.4 Å². The highest BCUT2D eigenvalue weighted by Crippen LogP contribution is 2.22. The smallest absolute Gasteiger partial charge is 0.323 e. The molecule has 0 aliphatic heterocycles. The van der Waals surface area contributed by atoms with Crippen LogP contribution in [0.1, 0.15) is 32.4 Å². The van der Waals surface area contributed by atoms with Gasteiger partial charge >= 0.3 is 5.97 Å². The predicted octanol–water partition coefficient (Wildman–Crippen LogP) is 2.05. The van der Waals surface area contributed by atoms with E-state index in [0.29, 0.717) is 6.42 Å². The molecule has 1 aromatic heterocycles. The number of hydrogen-bond acceptors (Lipinski definition) is 4. The number of thioether (sulfide) groups is 1. The molecule has 2 N–H and O–H groups in total. The normalized spacial score (nSPS) is 14.3. The summed E-state index contributed by atoms with van der Waals surface area (Å²) in [7, 11) is 1.90. The summed E-state index contributed by atoms with van der Waals surface area (Å²) < 4.78 is 1.83. The van der Waals surface area contributed by atoms with E-state index in [4.69, 9.17) is 0 Å². The number of nitrogens with zero attached hydrogens (tertiary/aromatic N) is 2. The summed E-state index contributed by atoms with van der Waals surface area (Å²) >= 11 is 1.64. The highest BCUT2D eigenvalue weighted by Gasteiger charge is 2.31. The largest absolute Gasteiger partial charge is 0.480 e. The molecule has 0 spiro atoms. The second-order valence-corrected chi connectivity index (χ2v) is 6.03. The SMILES string of the molecule is CCCNC(C)(CCSc1cc(C)nn1C)C(=O)O. The number of rotatable bonds is 8. The van der Waals surface area contributed by atoms with E-state index in [0.717, 1.165) is 29.4 Å². The molecule has 0 bridgehead atoms. The fourth-order valence-electron chi connectivity index (χ4n) is 1.75. The number of aliphatic carboxylic acids is 1. The topological polar surface area (TPSA) is 67.2 Å². The first-order valence-corrected chi connectivity index (χ1v) is 7.49. The van der Waals surface area contributed by atoms with Gasteiger partial charge in [-0.25, -0.2) is 0 Å². The van der Waals surface area contributed by atoms with Crippen LogP contribution in [-0.4, -0.2) is 38.7 Å². The lowest BCUT2D eigenvalue weighted by molar-refractivity contribution is -0.144.